The molecule has 1 N–H and O–H groups in total. The molecule has 0 aromatic rings. The molecule has 0 aliphatic carbocycles. The molecule has 3 amide bonds. The molecule has 1 aliphatic heterocycles. The molecule has 7 nitrogen and oxygen atoms in total. The third kappa shape index (κ3) is 3.80. The van der Waals surface area contributed by atoms with E-state index in [9.17, 15) is 19.2 Å². The van der Waals surface area contributed by atoms with Crippen molar-refractivity contribution in [2.24, 2.45) is 11.3 Å². The minimum absolute atomic E-state index is 0.0826. The van der Waals surface area contributed by atoms with Crippen molar-refractivity contribution in [1.29, 1.82) is 0 Å². The molecule has 21 heavy (non-hydrogen) atoms. The van der Waals surface area contributed by atoms with E-state index in [1.54, 1.807) is 27.7 Å². The van der Waals surface area contributed by atoms with E-state index in [4.69, 9.17) is 4.74 Å². The van der Waals surface area contributed by atoms with Gasteiger partial charge < -0.3 is 10.1 Å². The second-order valence-corrected chi connectivity index (χ2v) is 6.11. The van der Waals surface area contributed by atoms with Gasteiger partial charge in [-0.15, -0.1) is 0 Å². The molecule has 0 aromatic heterocycles. The first-order chi connectivity index (χ1) is 9.59. The molecule has 2 unspecified atom stereocenters. The van der Waals surface area contributed by atoms with Crippen molar-refractivity contribution >= 4 is 23.7 Å². The van der Waals surface area contributed by atoms with Crippen molar-refractivity contribution in [2.75, 3.05) is 13.7 Å². The van der Waals surface area contributed by atoms with E-state index >= 15 is 0 Å². The summed E-state index contributed by atoms with van der Waals surface area (Å²) in [4.78, 5) is 48.5. The lowest BCUT2D eigenvalue weighted by atomic mass is 9.80. The number of carbonyl (C=O) groups is 4. The van der Waals surface area contributed by atoms with Gasteiger partial charge in [-0.05, 0) is 12.3 Å². The Morgan fingerprint density at radius 1 is 1.38 bits per heavy atom. The van der Waals surface area contributed by atoms with Crippen LogP contribution in [0.1, 0.15) is 34.1 Å². The Morgan fingerprint density at radius 2 is 1.95 bits per heavy atom. The molecule has 0 bridgehead atoms. The van der Waals surface area contributed by atoms with Crippen LogP contribution in [0.2, 0.25) is 0 Å². The zero-order valence-corrected chi connectivity index (χ0v) is 13.1. The third-order valence-corrected chi connectivity index (χ3v) is 3.35. The highest BCUT2D eigenvalue weighted by molar-refractivity contribution is 6.08. The Bertz CT molecular complexity index is 466. The molecule has 0 saturated carbocycles. The smallest absolute Gasteiger partial charge is 0.319 e. The zero-order valence-electron chi connectivity index (χ0n) is 13.1. The molecule has 0 spiro atoms. The number of likely N-dealkylation sites (tertiary alicyclic amines) is 1. The first kappa shape index (κ1) is 17.1. The van der Waals surface area contributed by atoms with Gasteiger partial charge in [-0.25, -0.2) is 0 Å². The Hall–Kier alpha value is -1.92. The number of hydrogen-bond acceptors (Lipinski definition) is 5. The van der Waals surface area contributed by atoms with Crippen molar-refractivity contribution in [2.45, 2.75) is 40.2 Å². The van der Waals surface area contributed by atoms with E-state index in [1.165, 1.54) is 7.05 Å². The van der Waals surface area contributed by atoms with Crippen molar-refractivity contribution in [3.05, 3.63) is 0 Å². The van der Waals surface area contributed by atoms with E-state index in [0.717, 1.165) is 4.90 Å². The van der Waals surface area contributed by atoms with Gasteiger partial charge in [0, 0.05) is 7.05 Å². The van der Waals surface area contributed by atoms with Gasteiger partial charge in [0.2, 0.25) is 11.8 Å². The highest BCUT2D eigenvalue weighted by atomic mass is 16.5. The van der Waals surface area contributed by atoms with Crippen LogP contribution in [0.3, 0.4) is 0 Å². The van der Waals surface area contributed by atoms with Crippen LogP contribution in [0, 0.1) is 11.3 Å². The topological polar surface area (TPSA) is 92.8 Å². The maximum atomic E-state index is 12.3. The lowest BCUT2D eigenvalue weighted by Crippen LogP contribution is -2.49. The maximum absolute atomic E-state index is 12.3. The van der Waals surface area contributed by atoms with Gasteiger partial charge in [-0.1, -0.05) is 20.8 Å². The van der Waals surface area contributed by atoms with Crippen LogP contribution in [0.5, 0.6) is 0 Å². The van der Waals surface area contributed by atoms with Crippen LogP contribution in [-0.2, 0) is 23.9 Å². The average Bonchev–Trinajstić information content (AvgIpc) is 2.55. The average molecular weight is 298 g/mol. The largest absolute Gasteiger partial charge is 0.465 e. The predicted octanol–water partition coefficient (Wildman–Crippen LogP) is 0.0853. The van der Waals surface area contributed by atoms with Crippen molar-refractivity contribution in [1.82, 2.24) is 10.2 Å². The highest BCUT2D eigenvalue weighted by Gasteiger charge is 2.43. The van der Waals surface area contributed by atoms with Crippen LogP contribution < -0.4 is 5.32 Å². The maximum Gasteiger partial charge on any atom is 0.319 e. The van der Waals surface area contributed by atoms with Gasteiger partial charge in [-0.2, -0.15) is 0 Å². The SMILES string of the molecule is CCOC(=O)C(C(=O)NC1CC(=O)N(C)C1=O)C(C)(C)C. The first-order valence-corrected chi connectivity index (χ1v) is 6.87. The fourth-order valence-electron chi connectivity index (χ4n) is 2.20. The summed E-state index contributed by atoms with van der Waals surface area (Å²) >= 11 is 0. The number of rotatable bonds is 4. The number of amides is 3. The number of nitrogens with one attached hydrogen (secondary N) is 1. The summed E-state index contributed by atoms with van der Waals surface area (Å²) in [5, 5.41) is 2.48. The molecule has 1 rings (SSSR count). The molecule has 1 fully saturated rings. The second kappa shape index (κ2) is 6.24. The summed E-state index contributed by atoms with van der Waals surface area (Å²) in [5.74, 6) is -3.08. The molecule has 1 saturated heterocycles. The molecule has 0 radical (unpaired) electrons. The molecule has 0 aromatic carbocycles. The van der Waals surface area contributed by atoms with Crippen LogP contribution in [0.15, 0.2) is 0 Å². The number of imide groups is 1. The minimum Gasteiger partial charge on any atom is -0.465 e. The number of esters is 1. The summed E-state index contributed by atoms with van der Waals surface area (Å²) in [6.07, 6.45) is -0.0826. The van der Waals surface area contributed by atoms with E-state index in [1.807, 2.05) is 0 Å². The zero-order chi connectivity index (χ0) is 16.4. The number of nitrogens with zero attached hydrogens (tertiary/aromatic N) is 1. The lowest BCUT2D eigenvalue weighted by molar-refractivity contribution is -0.157. The Labute approximate surface area is 124 Å². The van der Waals surface area contributed by atoms with Crippen LogP contribution in [-0.4, -0.2) is 48.3 Å². The Morgan fingerprint density at radius 3 is 2.33 bits per heavy atom. The molecule has 7 heteroatoms. The monoisotopic (exact) mass is 298 g/mol. The number of likely N-dealkylation sites (N-methyl/N-ethyl adjacent to an activating group) is 1. The van der Waals surface area contributed by atoms with Crippen molar-refractivity contribution in [3.8, 4) is 0 Å². The summed E-state index contributed by atoms with van der Waals surface area (Å²) in [7, 11) is 1.36. The minimum atomic E-state index is -1.04. The summed E-state index contributed by atoms with van der Waals surface area (Å²) in [6.45, 7) is 7.04. The molecule has 118 valence electrons. The van der Waals surface area contributed by atoms with Gasteiger partial charge in [0.1, 0.15) is 12.0 Å². The van der Waals surface area contributed by atoms with Gasteiger partial charge in [0.15, 0.2) is 0 Å². The van der Waals surface area contributed by atoms with Gasteiger partial charge in [0.25, 0.3) is 5.91 Å². The van der Waals surface area contributed by atoms with Crippen molar-refractivity contribution < 1.29 is 23.9 Å². The van der Waals surface area contributed by atoms with Crippen LogP contribution in [0.25, 0.3) is 0 Å². The second-order valence-electron chi connectivity index (χ2n) is 6.11. The van der Waals surface area contributed by atoms with Crippen LogP contribution >= 0.6 is 0 Å². The quantitative estimate of drug-likeness (QED) is 0.451. The molecular weight excluding hydrogens is 276 g/mol. The van der Waals surface area contributed by atoms with Gasteiger partial charge in [-0.3, -0.25) is 24.1 Å². The molecule has 1 heterocycles. The van der Waals surface area contributed by atoms with E-state index in [0.29, 0.717) is 0 Å². The lowest BCUT2D eigenvalue weighted by Gasteiger charge is -2.28. The normalized spacial score (nSPS) is 20.4. The summed E-state index contributed by atoms with van der Waals surface area (Å²) in [6, 6.07) is -0.908. The van der Waals surface area contributed by atoms with Gasteiger partial charge >= 0.3 is 5.97 Å². The molecule has 1 aliphatic rings. The number of hydrogen-bond donors (Lipinski definition) is 1. The fourth-order valence-corrected chi connectivity index (χ4v) is 2.20. The van der Waals surface area contributed by atoms with E-state index in [2.05, 4.69) is 5.32 Å². The van der Waals surface area contributed by atoms with Gasteiger partial charge in [0.05, 0.1) is 13.0 Å². The Balaban J connectivity index is 2.86. The molecular formula is C14H22N2O5. The molecule has 2 atom stereocenters. The number of ether oxygens (including phenoxy) is 1. The van der Waals surface area contributed by atoms with Crippen LogP contribution in [0.4, 0.5) is 0 Å². The summed E-state index contributed by atoms with van der Waals surface area (Å²) in [5.41, 5.74) is -0.659. The Kier molecular flexibility index (Phi) is 5.09. The first-order valence-electron chi connectivity index (χ1n) is 6.87. The number of carbonyl (C=O) groups excluding carboxylic acids is 4. The van der Waals surface area contributed by atoms with Crippen molar-refractivity contribution in [3.63, 3.8) is 0 Å². The highest BCUT2D eigenvalue weighted by Crippen LogP contribution is 2.28. The predicted molar refractivity (Wildman–Crippen MR) is 73.9 cm³/mol. The third-order valence-electron chi connectivity index (χ3n) is 3.35. The summed E-state index contributed by atoms with van der Waals surface area (Å²) < 4.78 is 4.92. The standard InChI is InChI=1S/C14H22N2O5/c1-6-21-13(20)10(14(2,3)4)11(18)15-8-7-9(17)16(5)12(8)19/h8,10H,6-7H2,1-5H3,(H,15,18). The van der Waals surface area contributed by atoms with E-state index < -0.39 is 35.2 Å². The van der Waals surface area contributed by atoms with E-state index in [-0.39, 0.29) is 18.9 Å². The fraction of sp³-hybridized carbons (Fsp3) is 0.714.